The highest BCUT2D eigenvalue weighted by Gasteiger charge is 2.33. The molecule has 1 aliphatic rings. The van der Waals surface area contributed by atoms with Crippen LogP contribution in [0.15, 0.2) is 42.5 Å². The number of nitrogens with zero attached hydrogens (tertiary/aromatic N) is 2. The Morgan fingerprint density at radius 1 is 1.22 bits per heavy atom. The number of anilines is 1. The molecule has 1 aromatic heterocycles. The number of fused-ring (bicyclic) bond motifs is 2. The van der Waals surface area contributed by atoms with Crippen molar-refractivity contribution in [1.29, 1.82) is 0 Å². The van der Waals surface area contributed by atoms with Gasteiger partial charge in [-0.2, -0.15) is 0 Å². The fraction of sp³-hybridized carbons (Fsp3) is 0.250. The fourth-order valence-electron chi connectivity index (χ4n) is 3.36. The molecule has 27 heavy (non-hydrogen) atoms. The van der Waals surface area contributed by atoms with E-state index in [0.29, 0.717) is 18.1 Å². The Morgan fingerprint density at radius 3 is 2.74 bits per heavy atom. The van der Waals surface area contributed by atoms with Crippen LogP contribution < -0.4 is 10.1 Å². The van der Waals surface area contributed by atoms with Gasteiger partial charge in [0, 0.05) is 19.9 Å². The van der Waals surface area contributed by atoms with Crippen LogP contribution >= 0.6 is 11.3 Å². The van der Waals surface area contributed by atoms with Crippen molar-refractivity contribution < 1.29 is 14.3 Å². The summed E-state index contributed by atoms with van der Waals surface area (Å²) in [6.45, 7) is 1.94. The smallest absolute Gasteiger partial charge is 0.249 e. The summed E-state index contributed by atoms with van der Waals surface area (Å²) in [7, 11) is 1.61. The SMILES string of the molecule is COc1ccc2nc(NC(=O)C3Cc4ccccc4CN3C(C)=O)sc2c1. The van der Waals surface area contributed by atoms with E-state index in [0.717, 1.165) is 27.1 Å². The molecule has 4 rings (SSSR count). The lowest BCUT2D eigenvalue weighted by molar-refractivity contribution is -0.138. The van der Waals surface area contributed by atoms with Gasteiger partial charge in [-0.25, -0.2) is 4.98 Å². The number of carbonyl (C=O) groups excluding carboxylic acids is 2. The van der Waals surface area contributed by atoms with E-state index >= 15 is 0 Å². The van der Waals surface area contributed by atoms with Gasteiger partial charge >= 0.3 is 0 Å². The highest BCUT2D eigenvalue weighted by Crippen LogP contribution is 2.30. The van der Waals surface area contributed by atoms with Crippen LogP contribution in [0, 0.1) is 0 Å². The van der Waals surface area contributed by atoms with Crippen LogP contribution in [0.25, 0.3) is 10.2 Å². The normalized spacial score (nSPS) is 16.1. The number of aromatic nitrogens is 1. The standard InChI is InChI=1S/C20H19N3O3S/c1-12(24)23-11-14-6-4-3-5-13(14)9-17(23)19(25)22-20-21-16-8-7-15(26-2)10-18(16)27-20/h3-8,10,17H,9,11H2,1-2H3,(H,21,22,25). The molecule has 0 saturated heterocycles. The van der Waals surface area contributed by atoms with E-state index in [1.54, 1.807) is 12.0 Å². The summed E-state index contributed by atoms with van der Waals surface area (Å²) < 4.78 is 6.16. The first-order valence-electron chi connectivity index (χ1n) is 8.64. The van der Waals surface area contributed by atoms with Crippen molar-refractivity contribution in [3.05, 3.63) is 53.6 Å². The number of rotatable bonds is 3. The number of nitrogens with one attached hydrogen (secondary N) is 1. The number of benzene rings is 2. The lowest BCUT2D eigenvalue weighted by Gasteiger charge is -2.35. The molecule has 3 aromatic rings. The minimum atomic E-state index is -0.543. The molecule has 0 bridgehead atoms. The molecular weight excluding hydrogens is 362 g/mol. The van der Waals surface area contributed by atoms with Gasteiger partial charge in [0.1, 0.15) is 11.8 Å². The number of methoxy groups -OCH3 is 1. The molecule has 0 aliphatic carbocycles. The van der Waals surface area contributed by atoms with E-state index in [4.69, 9.17) is 4.74 Å². The van der Waals surface area contributed by atoms with Crippen LogP contribution in [0.2, 0.25) is 0 Å². The van der Waals surface area contributed by atoms with E-state index in [1.807, 2.05) is 42.5 Å². The Balaban J connectivity index is 1.58. The van der Waals surface area contributed by atoms with Crippen LogP contribution in [-0.4, -0.2) is 34.8 Å². The van der Waals surface area contributed by atoms with E-state index in [-0.39, 0.29) is 11.8 Å². The van der Waals surface area contributed by atoms with E-state index in [1.165, 1.54) is 18.3 Å². The molecule has 0 fully saturated rings. The lowest BCUT2D eigenvalue weighted by atomic mass is 9.93. The molecule has 1 atom stereocenters. The monoisotopic (exact) mass is 381 g/mol. The van der Waals surface area contributed by atoms with Gasteiger partial charge in [0.05, 0.1) is 17.3 Å². The number of amides is 2. The van der Waals surface area contributed by atoms with Gasteiger partial charge in [-0.05, 0) is 29.3 Å². The summed E-state index contributed by atoms with van der Waals surface area (Å²) in [6, 6.07) is 13.0. The van der Waals surface area contributed by atoms with Gasteiger partial charge in [0.2, 0.25) is 11.8 Å². The third-order valence-electron chi connectivity index (χ3n) is 4.78. The first-order chi connectivity index (χ1) is 13.0. The minimum absolute atomic E-state index is 0.112. The predicted octanol–water partition coefficient (Wildman–Crippen LogP) is 3.22. The maximum atomic E-state index is 12.9. The second-order valence-corrected chi connectivity index (χ2v) is 7.51. The number of carbonyl (C=O) groups is 2. The van der Waals surface area contributed by atoms with Crippen molar-refractivity contribution in [2.75, 3.05) is 12.4 Å². The van der Waals surface area contributed by atoms with Crippen LogP contribution in [0.5, 0.6) is 5.75 Å². The summed E-state index contributed by atoms with van der Waals surface area (Å²) in [6.07, 6.45) is 0.500. The van der Waals surface area contributed by atoms with Crippen molar-refractivity contribution in [1.82, 2.24) is 9.88 Å². The predicted molar refractivity (Wildman–Crippen MR) is 105 cm³/mol. The number of ether oxygens (including phenoxy) is 1. The molecular formula is C20H19N3O3S. The fourth-order valence-corrected chi connectivity index (χ4v) is 4.26. The Kier molecular flexibility index (Phi) is 4.53. The maximum Gasteiger partial charge on any atom is 0.249 e. The van der Waals surface area contributed by atoms with Crippen molar-refractivity contribution in [3.8, 4) is 5.75 Å². The maximum absolute atomic E-state index is 12.9. The molecule has 1 unspecified atom stereocenters. The molecule has 7 heteroatoms. The molecule has 0 spiro atoms. The highest BCUT2D eigenvalue weighted by molar-refractivity contribution is 7.22. The quantitative estimate of drug-likeness (QED) is 0.756. The van der Waals surface area contributed by atoms with E-state index < -0.39 is 6.04 Å². The third kappa shape index (κ3) is 3.38. The Morgan fingerprint density at radius 2 is 2.00 bits per heavy atom. The van der Waals surface area contributed by atoms with Crippen LogP contribution in [0.1, 0.15) is 18.1 Å². The summed E-state index contributed by atoms with van der Waals surface area (Å²) in [5, 5.41) is 3.41. The number of thiazole rings is 1. The molecule has 138 valence electrons. The minimum Gasteiger partial charge on any atom is -0.497 e. The summed E-state index contributed by atoms with van der Waals surface area (Å²) in [5.41, 5.74) is 2.99. The summed E-state index contributed by atoms with van der Waals surface area (Å²) in [5.74, 6) is 0.417. The Labute approximate surface area is 160 Å². The average Bonchev–Trinajstić information content (AvgIpc) is 3.07. The molecule has 2 heterocycles. The number of hydrogen-bond donors (Lipinski definition) is 1. The van der Waals surface area contributed by atoms with E-state index in [9.17, 15) is 9.59 Å². The van der Waals surface area contributed by atoms with E-state index in [2.05, 4.69) is 10.3 Å². The van der Waals surface area contributed by atoms with Gasteiger partial charge in [0.15, 0.2) is 5.13 Å². The second-order valence-electron chi connectivity index (χ2n) is 6.48. The molecule has 1 N–H and O–H groups in total. The largest absolute Gasteiger partial charge is 0.497 e. The lowest BCUT2D eigenvalue weighted by Crippen LogP contribution is -2.49. The zero-order valence-electron chi connectivity index (χ0n) is 15.1. The number of hydrogen-bond acceptors (Lipinski definition) is 5. The van der Waals surface area contributed by atoms with Crippen molar-refractivity contribution >= 4 is 38.5 Å². The van der Waals surface area contributed by atoms with Crippen LogP contribution in [-0.2, 0) is 22.6 Å². The van der Waals surface area contributed by atoms with Gasteiger partial charge in [0.25, 0.3) is 0 Å². The van der Waals surface area contributed by atoms with Crippen molar-refractivity contribution in [2.24, 2.45) is 0 Å². The van der Waals surface area contributed by atoms with Crippen molar-refractivity contribution in [2.45, 2.75) is 25.9 Å². The average molecular weight is 381 g/mol. The molecule has 0 radical (unpaired) electrons. The molecule has 1 aliphatic heterocycles. The molecule has 0 saturated carbocycles. The van der Waals surface area contributed by atoms with Gasteiger partial charge in [-0.3, -0.25) is 9.59 Å². The second kappa shape index (κ2) is 7.00. The zero-order chi connectivity index (χ0) is 19.0. The highest BCUT2D eigenvalue weighted by atomic mass is 32.1. The summed E-state index contributed by atoms with van der Waals surface area (Å²) >= 11 is 1.39. The first kappa shape index (κ1) is 17.5. The first-order valence-corrected chi connectivity index (χ1v) is 9.46. The molecule has 6 nitrogen and oxygen atoms in total. The van der Waals surface area contributed by atoms with Crippen LogP contribution in [0.4, 0.5) is 5.13 Å². The van der Waals surface area contributed by atoms with Gasteiger partial charge in [-0.15, -0.1) is 0 Å². The third-order valence-corrected chi connectivity index (χ3v) is 5.72. The van der Waals surface area contributed by atoms with Gasteiger partial charge in [-0.1, -0.05) is 35.6 Å². The molecule has 2 aromatic carbocycles. The summed E-state index contributed by atoms with van der Waals surface area (Å²) in [4.78, 5) is 31.1. The topological polar surface area (TPSA) is 71.5 Å². The molecule has 2 amide bonds. The van der Waals surface area contributed by atoms with Crippen LogP contribution in [0.3, 0.4) is 0 Å². The van der Waals surface area contributed by atoms with Crippen molar-refractivity contribution in [3.63, 3.8) is 0 Å². The van der Waals surface area contributed by atoms with Gasteiger partial charge < -0.3 is 15.0 Å². The Hall–Kier alpha value is -2.93. The zero-order valence-corrected chi connectivity index (χ0v) is 15.9. The Bertz CT molecular complexity index is 1030.